The maximum absolute atomic E-state index is 15.4. The first-order chi connectivity index (χ1) is 18.1. The van der Waals surface area contributed by atoms with Gasteiger partial charge in [-0.1, -0.05) is 10.4 Å². The Morgan fingerprint density at radius 1 is 1.11 bits per heavy atom. The minimum atomic E-state index is -1.37. The molecule has 198 valence electrons. The lowest BCUT2D eigenvalue weighted by Crippen LogP contribution is -2.27. The summed E-state index contributed by atoms with van der Waals surface area (Å²) < 4.78 is 30.5. The van der Waals surface area contributed by atoms with Crippen LogP contribution in [0, 0.1) is 25.6 Å². The third kappa shape index (κ3) is 3.99. The maximum atomic E-state index is 15.4. The second kappa shape index (κ2) is 8.99. The summed E-state index contributed by atoms with van der Waals surface area (Å²) in [6.45, 7) is 8.29. The zero-order chi connectivity index (χ0) is 26.8. The third-order valence-electron chi connectivity index (χ3n) is 7.59. The molecule has 1 N–H and O–H groups in total. The molecule has 0 spiro atoms. The van der Waals surface area contributed by atoms with Gasteiger partial charge in [0, 0.05) is 49.0 Å². The molecule has 4 aromatic heterocycles. The van der Waals surface area contributed by atoms with Crippen molar-refractivity contribution >= 4 is 21.9 Å². The third-order valence-corrected chi connectivity index (χ3v) is 7.59. The number of hydrogen-bond acceptors (Lipinski definition) is 7. The SMILES string of the molecule is Cc1cc(C(C2CCOCC2)n2c3cc(C(C)(C)O)c(F)cc3c3ncc(-c4c(C)nnn4C)cc32)no1. The van der Waals surface area contributed by atoms with E-state index in [0.29, 0.717) is 24.1 Å². The number of pyridine rings is 1. The van der Waals surface area contributed by atoms with E-state index in [9.17, 15) is 5.11 Å². The maximum Gasteiger partial charge on any atom is 0.134 e. The average Bonchev–Trinajstić information content (AvgIpc) is 3.54. The van der Waals surface area contributed by atoms with Crippen LogP contribution in [0.2, 0.25) is 0 Å². The standard InChI is InChI=1S/C28H31FN6O3/c1-15-10-22(32-38-15)27(17-6-8-37-9-7-17)35-23-13-20(28(3,4)36)21(29)12-19(23)25-24(35)11-18(14-30-25)26-16(2)31-33-34(26)5/h10-14,17,27,36H,6-9H2,1-5H3. The minimum Gasteiger partial charge on any atom is -0.386 e. The van der Waals surface area contributed by atoms with Crippen LogP contribution in [0.5, 0.6) is 0 Å². The van der Waals surface area contributed by atoms with Crippen molar-refractivity contribution in [1.82, 2.24) is 29.7 Å². The first-order valence-corrected chi connectivity index (χ1v) is 12.9. The van der Waals surface area contributed by atoms with E-state index in [1.54, 1.807) is 30.8 Å². The molecule has 5 aromatic rings. The van der Waals surface area contributed by atoms with Crippen molar-refractivity contribution in [3.05, 3.63) is 59.0 Å². The number of aryl methyl sites for hydroxylation is 3. The van der Waals surface area contributed by atoms with Crippen molar-refractivity contribution in [1.29, 1.82) is 0 Å². The van der Waals surface area contributed by atoms with Crippen LogP contribution < -0.4 is 0 Å². The zero-order valence-electron chi connectivity index (χ0n) is 22.2. The van der Waals surface area contributed by atoms with E-state index in [1.165, 1.54) is 6.07 Å². The van der Waals surface area contributed by atoms with Gasteiger partial charge in [-0.2, -0.15) is 0 Å². The summed E-state index contributed by atoms with van der Waals surface area (Å²) in [5.41, 5.74) is 4.46. The van der Waals surface area contributed by atoms with Crippen LogP contribution in [0.3, 0.4) is 0 Å². The Labute approximate surface area is 219 Å². The minimum absolute atomic E-state index is 0.200. The molecule has 1 unspecified atom stereocenters. The monoisotopic (exact) mass is 518 g/mol. The summed E-state index contributed by atoms with van der Waals surface area (Å²) in [4.78, 5) is 4.84. The van der Waals surface area contributed by atoms with E-state index in [2.05, 4.69) is 26.1 Å². The van der Waals surface area contributed by atoms with Gasteiger partial charge >= 0.3 is 0 Å². The molecule has 0 radical (unpaired) electrons. The van der Waals surface area contributed by atoms with Crippen molar-refractivity contribution in [2.45, 2.75) is 52.2 Å². The van der Waals surface area contributed by atoms with Crippen molar-refractivity contribution in [3.63, 3.8) is 0 Å². The van der Waals surface area contributed by atoms with Crippen LogP contribution in [0.25, 0.3) is 33.2 Å². The van der Waals surface area contributed by atoms with E-state index >= 15 is 4.39 Å². The Balaban J connectivity index is 1.71. The Bertz CT molecular complexity index is 1640. The summed E-state index contributed by atoms with van der Waals surface area (Å²) in [7, 11) is 1.85. The van der Waals surface area contributed by atoms with Gasteiger partial charge in [-0.15, -0.1) is 5.10 Å². The van der Waals surface area contributed by atoms with Gasteiger partial charge in [0.25, 0.3) is 0 Å². The average molecular weight is 519 g/mol. The molecule has 1 aromatic carbocycles. The number of hydrogen-bond donors (Lipinski definition) is 1. The Hall–Kier alpha value is -3.63. The van der Waals surface area contributed by atoms with E-state index in [-0.39, 0.29) is 17.5 Å². The van der Waals surface area contributed by atoms with Gasteiger partial charge in [0.15, 0.2) is 0 Å². The van der Waals surface area contributed by atoms with Crippen LogP contribution in [-0.4, -0.2) is 48.0 Å². The first kappa shape index (κ1) is 24.7. The van der Waals surface area contributed by atoms with E-state index < -0.39 is 11.4 Å². The fraction of sp³-hybridized carbons (Fsp3) is 0.429. The van der Waals surface area contributed by atoms with Crippen molar-refractivity contribution < 1.29 is 18.8 Å². The van der Waals surface area contributed by atoms with E-state index in [0.717, 1.165) is 52.3 Å². The second-order valence-electron chi connectivity index (χ2n) is 10.8. The molecule has 0 saturated carbocycles. The highest BCUT2D eigenvalue weighted by Gasteiger charge is 2.33. The smallest absolute Gasteiger partial charge is 0.134 e. The molecular weight excluding hydrogens is 487 g/mol. The van der Waals surface area contributed by atoms with Gasteiger partial charge in [-0.3, -0.25) is 4.98 Å². The zero-order valence-corrected chi connectivity index (χ0v) is 22.2. The number of fused-ring (bicyclic) bond motifs is 3. The van der Waals surface area contributed by atoms with Crippen LogP contribution in [0.4, 0.5) is 4.39 Å². The molecule has 1 atom stereocenters. The highest BCUT2D eigenvalue weighted by molar-refractivity contribution is 6.07. The van der Waals surface area contributed by atoms with Gasteiger partial charge < -0.3 is 18.9 Å². The Kier molecular flexibility index (Phi) is 5.84. The second-order valence-corrected chi connectivity index (χ2v) is 10.8. The highest BCUT2D eigenvalue weighted by atomic mass is 19.1. The lowest BCUT2D eigenvalue weighted by molar-refractivity contribution is 0.0543. The molecule has 0 bridgehead atoms. The molecular formula is C28H31FN6O3. The van der Waals surface area contributed by atoms with Crippen molar-refractivity contribution in [2.24, 2.45) is 13.0 Å². The molecule has 0 amide bonds. The van der Waals surface area contributed by atoms with Crippen molar-refractivity contribution in [2.75, 3.05) is 13.2 Å². The van der Waals surface area contributed by atoms with Gasteiger partial charge in [0.05, 0.1) is 39.6 Å². The normalized spacial score (nSPS) is 16.1. The fourth-order valence-electron chi connectivity index (χ4n) is 5.82. The summed E-state index contributed by atoms with van der Waals surface area (Å²) in [6, 6.07) is 7.06. The van der Waals surface area contributed by atoms with Crippen LogP contribution >= 0.6 is 0 Å². The summed E-state index contributed by atoms with van der Waals surface area (Å²) in [5, 5.41) is 24.3. The number of halogens is 1. The van der Waals surface area contributed by atoms with Gasteiger partial charge in [0.2, 0.25) is 0 Å². The molecule has 1 aliphatic rings. The van der Waals surface area contributed by atoms with Gasteiger partial charge in [-0.05, 0) is 64.7 Å². The molecule has 0 aliphatic carbocycles. The molecule has 1 saturated heterocycles. The van der Waals surface area contributed by atoms with Gasteiger partial charge in [-0.25, -0.2) is 9.07 Å². The van der Waals surface area contributed by atoms with Crippen LogP contribution in [0.15, 0.2) is 35.0 Å². The van der Waals surface area contributed by atoms with Gasteiger partial charge in [0.1, 0.15) is 17.3 Å². The molecule has 6 rings (SSSR count). The predicted octanol–water partition coefficient (Wildman–Crippen LogP) is 4.97. The topological polar surface area (TPSA) is 104 Å². The largest absolute Gasteiger partial charge is 0.386 e. The lowest BCUT2D eigenvalue weighted by atomic mass is 9.89. The molecule has 38 heavy (non-hydrogen) atoms. The van der Waals surface area contributed by atoms with Crippen LogP contribution in [0.1, 0.15) is 55.4 Å². The first-order valence-electron chi connectivity index (χ1n) is 12.9. The van der Waals surface area contributed by atoms with Crippen molar-refractivity contribution in [3.8, 4) is 11.3 Å². The fourth-order valence-corrected chi connectivity index (χ4v) is 5.82. The quantitative estimate of drug-likeness (QED) is 0.350. The number of ether oxygens (including phenoxy) is 1. The Morgan fingerprint density at radius 2 is 1.87 bits per heavy atom. The summed E-state index contributed by atoms with van der Waals surface area (Å²) >= 11 is 0. The number of aromatic nitrogens is 6. The Morgan fingerprint density at radius 3 is 2.50 bits per heavy atom. The molecule has 1 aliphatic heterocycles. The number of rotatable bonds is 5. The summed E-state index contributed by atoms with van der Waals surface area (Å²) in [6.07, 6.45) is 3.47. The van der Waals surface area contributed by atoms with E-state index in [4.69, 9.17) is 14.2 Å². The summed E-state index contributed by atoms with van der Waals surface area (Å²) in [5.74, 6) is 0.449. The number of aliphatic hydroxyl groups is 1. The number of benzene rings is 1. The highest BCUT2D eigenvalue weighted by Crippen LogP contribution is 2.42. The predicted molar refractivity (Wildman–Crippen MR) is 140 cm³/mol. The molecule has 1 fully saturated rings. The number of nitrogens with zero attached hydrogens (tertiary/aromatic N) is 6. The molecule has 9 nitrogen and oxygen atoms in total. The van der Waals surface area contributed by atoms with Crippen LogP contribution in [-0.2, 0) is 17.4 Å². The van der Waals surface area contributed by atoms with E-state index in [1.807, 2.05) is 27.0 Å². The lowest BCUT2D eigenvalue weighted by Gasteiger charge is -2.31. The molecule has 5 heterocycles. The molecule has 10 heteroatoms.